The zero-order chi connectivity index (χ0) is 23.8. The van der Waals surface area contributed by atoms with Crippen LogP contribution in [0.4, 0.5) is 11.4 Å². The van der Waals surface area contributed by atoms with Crippen molar-refractivity contribution in [2.75, 3.05) is 25.2 Å². The van der Waals surface area contributed by atoms with Crippen LogP contribution in [0, 0.1) is 0 Å². The molecule has 2 heterocycles. The summed E-state index contributed by atoms with van der Waals surface area (Å²) in [6.07, 6.45) is 10.5. The molecule has 4 rings (SSSR count). The van der Waals surface area contributed by atoms with Gasteiger partial charge in [0.2, 0.25) is 0 Å². The van der Waals surface area contributed by atoms with Gasteiger partial charge in [-0.1, -0.05) is 69.1 Å². The van der Waals surface area contributed by atoms with E-state index in [9.17, 15) is 0 Å². The Morgan fingerprint density at radius 1 is 0.909 bits per heavy atom. The molecule has 5 heteroatoms. The number of fused-ring (bicyclic) bond motifs is 2. The van der Waals surface area contributed by atoms with Gasteiger partial charge in [-0.15, -0.1) is 0 Å². The summed E-state index contributed by atoms with van der Waals surface area (Å²) < 4.78 is 5.37. The number of hydrogen-bond donors (Lipinski definition) is 0. The molecule has 2 aromatic carbocycles. The van der Waals surface area contributed by atoms with Crippen LogP contribution in [0.5, 0.6) is 0 Å². The highest BCUT2D eigenvalue weighted by molar-refractivity contribution is 6.31. The Labute approximate surface area is 207 Å². The van der Waals surface area contributed by atoms with Gasteiger partial charge in [-0.3, -0.25) is 4.99 Å². The van der Waals surface area contributed by atoms with E-state index in [1.54, 1.807) is 7.11 Å². The lowest BCUT2D eigenvalue weighted by Gasteiger charge is -2.26. The number of hydrogen-bond acceptors (Lipinski definition) is 3. The van der Waals surface area contributed by atoms with Gasteiger partial charge < -0.3 is 9.64 Å². The lowest BCUT2D eigenvalue weighted by Crippen LogP contribution is -2.28. The van der Waals surface area contributed by atoms with Crippen molar-refractivity contribution >= 4 is 40.3 Å². The summed E-state index contributed by atoms with van der Waals surface area (Å²) in [5.41, 5.74) is 6.51. The van der Waals surface area contributed by atoms with Crippen LogP contribution in [0.3, 0.4) is 0 Å². The normalized spacial score (nSPS) is 19.5. The average molecular weight is 481 g/mol. The van der Waals surface area contributed by atoms with Gasteiger partial charge in [-0.05, 0) is 59.7 Å². The van der Waals surface area contributed by atoms with Gasteiger partial charge in [-0.25, -0.2) is 0 Å². The maximum Gasteiger partial charge on any atom is 0.0675 e. The predicted octanol–water partition coefficient (Wildman–Crippen LogP) is 7.80. The van der Waals surface area contributed by atoms with Gasteiger partial charge in [0.05, 0.1) is 18.0 Å². The monoisotopic (exact) mass is 480 g/mol. The molecule has 0 saturated carbocycles. The molecule has 0 amide bonds. The van der Waals surface area contributed by atoms with Gasteiger partial charge in [0.25, 0.3) is 0 Å². The second-order valence-corrected chi connectivity index (χ2v) is 10.4. The zero-order valence-corrected chi connectivity index (χ0v) is 21.3. The third-order valence-electron chi connectivity index (χ3n) is 6.62. The van der Waals surface area contributed by atoms with Gasteiger partial charge in [0.15, 0.2) is 0 Å². The second-order valence-electron chi connectivity index (χ2n) is 9.51. The molecular formula is C28H30Cl2N2O. The number of rotatable bonds is 6. The van der Waals surface area contributed by atoms with Crippen molar-refractivity contribution in [3.05, 3.63) is 93.6 Å². The first-order valence-corrected chi connectivity index (χ1v) is 11.9. The summed E-state index contributed by atoms with van der Waals surface area (Å²) in [6.45, 7) is 10.3. The van der Waals surface area contributed by atoms with Gasteiger partial charge >= 0.3 is 0 Å². The molecular weight excluding hydrogens is 451 g/mol. The van der Waals surface area contributed by atoms with E-state index in [2.05, 4.69) is 75.1 Å². The maximum atomic E-state index is 6.32. The largest absolute Gasteiger partial charge is 0.383 e. The van der Waals surface area contributed by atoms with Crippen molar-refractivity contribution in [1.82, 2.24) is 0 Å². The minimum Gasteiger partial charge on any atom is -0.383 e. The van der Waals surface area contributed by atoms with E-state index in [-0.39, 0.29) is 10.8 Å². The van der Waals surface area contributed by atoms with E-state index < -0.39 is 0 Å². The molecule has 2 aliphatic rings. The molecule has 0 unspecified atom stereocenters. The molecule has 0 radical (unpaired) electrons. The van der Waals surface area contributed by atoms with Crippen LogP contribution in [0.2, 0.25) is 10.0 Å². The number of methoxy groups -OCH3 is 1. The molecule has 33 heavy (non-hydrogen) atoms. The van der Waals surface area contributed by atoms with Crippen molar-refractivity contribution in [3.8, 4) is 0 Å². The zero-order valence-electron chi connectivity index (χ0n) is 19.8. The fourth-order valence-corrected chi connectivity index (χ4v) is 5.03. The molecule has 2 aliphatic heterocycles. The number of halogens is 2. The Hall–Kier alpha value is -2.33. The van der Waals surface area contributed by atoms with Crippen LogP contribution < -0.4 is 4.90 Å². The first-order valence-electron chi connectivity index (χ1n) is 11.2. The molecule has 0 saturated heterocycles. The lowest BCUT2D eigenvalue weighted by atomic mass is 9.81. The number of anilines is 1. The Bertz CT molecular complexity index is 1190. The summed E-state index contributed by atoms with van der Waals surface area (Å²) in [4.78, 5) is 7.14. The Morgan fingerprint density at radius 3 is 2.33 bits per heavy atom. The van der Waals surface area contributed by atoms with E-state index in [0.29, 0.717) is 6.61 Å². The maximum absolute atomic E-state index is 6.32. The molecule has 0 aliphatic carbocycles. The summed E-state index contributed by atoms with van der Waals surface area (Å²) in [7, 11) is 1.73. The molecule has 0 bridgehead atoms. The van der Waals surface area contributed by atoms with Crippen LogP contribution in [-0.4, -0.2) is 26.0 Å². The minimum absolute atomic E-state index is 0.152. The Kier molecular flexibility index (Phi) is 6.59. The number of nitrogens with zero attached hydrogens (tertiary/aromatic N) is 2. The van der Waals surface area contributed by atoms with E-state index in [1.807, 2.05) is 24.3 Å². The van der Waals surface area contributed by atoms with E-state index in [0.717, 1.165) is 28.0 Å². The molecule has 172 valence electrons. The van der Waals surface area contributed by atoms with Crippen molar-refractivity contribution < 1.29 is 4.74 Å². The third-order valence-corrected chi connectivity index (χ3v) is 7.09. The molecule has 3 nitrogen and oxygen atoms in total. The topological polar surface area (TPSA) is 24.8 Å². The first-order chi connectivity index (χ1) is 15.7. The fraction of sp³-hybridized carbons (Fsp3) is 0.321. The Morgan fingerprint density at radius 2 is 1.61 bits per heavy atom. The SMILES string of the molecule is COCCN1C(=CC=CC=CC2=Nc3ccc(Cl)cc3C2(C)C)C(C)(C)c2cc(Cl)ccc21. The minimum atomic E-state index is -0.172. The van der Waals surface area contributed by atoms with Gasteiger partial charge in [0, 0.05) is 45.9 Å². The third kappa shape index (κ3) is 4.42. The quantitative estimate of drug-likeness (QED) is 0.393. The van der Waals surface area contributed by atoms with E-state index in [4.69, 9.17) is 32.9 Å². The molecule has 0 atom stereocenters. The highest BCUT2D eigenvalue weighted by atomic mass is 35.5. The van der Waals surface area contributed by atoms with Crippen LogP contribution in [-0.2, 0) is 15.6 Å². The molecule has 0 aromatic heterocycles. The van der Waals surface area contributed by atoms with Gasteiger partial charge in [-0.2, -0.15) is 0 Å². The van der Waals surface area contributed by atoms with Crippen LogP contribution in [0.25, 0.3) is 0 Å². The van der Waals surface area contributed by atoms with Gasteiger partial charge in [0.1, 0.15) is 0 Å². The first kappa shape index (κ1) is 23.8. The summed E-state index contributed by atoms with van der Waals surface area (Å²) in [5.74, 6) is 0. The molecule has 0 N–H and O–H groups in total. The fourth-order valence-electron chi connectivity index (χ4n) is 4.69. The number of benzene rings is 2. The van der Waals surface area contributed by atoms with Crippen molar-refractivity contribution in [1.29, 1.82) is 0 Å². The van der Waals surface area contributed by atoms with Crippen molar-refractivity contribution in [3.63, 3.8) is 0 Å². The second kappa shape index (κ2) is 9.13. The smallest absolute Gasteiger partial charge is 0.0675 e. The van der Waals surface area contributed by atoms with Crippen LogP contribution >= 0.6 is 23.2 Å². The summed E-state index contributed by atoms with van der Waals surface area (Å²) in [6, 6.07) is 12.0. The number of aliphatic imine (C=N–C) groups is 1. The number of ether oxygens (including phenoxy) is 1. The standard InChI is InChI=1S/C28H30Cl2N2O/c1-27(2)21-17-19(29)11-13-23(21)31-25(27)9-7-6-8-10-26-28(3,4)22-18-20(30)12-14-24(22)32(26)15-16-33-5/h6-14,17-18H,15-16H2,1-5H3. The molecule has 2 aromatic rings. The highest BCUT2D eigenvalue weighted by Gasteiger charge is 2.39. The van der Waals surface area contributed by atoms with Crippen LogP contribution in [0.1, 0.15) is 38.8 Å². The summed E-state index contributed by atoms with van der Waals surface area (Å²) in [5, 5.41) is 1.50. The Balaban J connectivity index is 1.57. The highest BCUT2D eigenvalue weighted by Crippen LogP contribution is 2.48. The predicted molar refractivity (Wildman–Crippen MR) is 142 cm³/mol. The average Bonchev–Trinajstić information content (AvgIpc) is 3.13. The molecule has 0 fully saturated rings. The van der Waals surface area contributed by atoms with Crippen molar-refractivity contribution in [2.24, 2.45) is 4.99 Å². The lowest BCUT2D eigenvalue weighted by molar-refractivity contribution is 0.206. The van der Waals surface area contributed by atoms with Crippen molar-refractivity contribution in [2.45, 2.75) is 38.5 Å². The summed E-state index contributed by atoms with van der Waals surface area (Å²) >= 11 is 12.5. The number of allylic oxidation sites excluding steroid dienone is 6. The van der Waals surface area contributed by atoms with E-state index in [1.165, 1.54) is 22.5 Å². The molecule has 0 spiro atoms. The van der Waals surface area contributed by atoms with E-state index >= 15 is 0 Å². The van der Waals surface area contributed by atoms with Crippen LogP contribution in [0.15, 0.2) is 77.5 Å².